The Morgan fingerprint density at radius 3 is 2.90 bits per heavy atom. The van der Waals surface area contributed by atoms with E-state index in [-0.39, 0.29) is 25.0 Å². The maximum Gasteiger partial charge on any atom is 0.220 e. The second kappa shape index (κ2) is 7.08. The predicted molar refractivity (Wildman–Crippen MR) is 84.6 cm³/mol. The standard InChI is InChI=1S/C15H19N3O2S/c1-10-15(21-9-17-10)11(2)18-12-5-3-4-6-13(12)20-8-7-14(16)19/h3-6,9,11,18H,7-8H2,1-2H3,(H2,16,19). The average molecular weight is 305 g/mol. The van der Waals surface area contributed by atoms with Crippen molar-refractivity contribution in [1.82, 2.24) is 4.98 Å². The molecule has 1 unspecified atom stereocenters. The fraction of sp³-hybridized carbons (Fsp3) is 0.333. The van der Waals surface area contributed by atoms with Gasteiger partial charge in [0, 0.05) is 4.88 Å². The summed E-state index contributed by atoms with van der Waals surface area (Å²) < 4.78 is 5.62. The number of nitrogens with one attached hydrogen (secondary N) is 1. The number of nitrogens with zero attached hydrogens (tertiary/aromatic N) is 1. The Balaban J connectivity index is 2.06. The molecule has 2 aromatic rings. The number of aryl methyl sites for hydroxylation is 1. The molecule has 21 heavy (non-hydrogen) atoms. The highest BCUT2D eigenvalue weighted by Gasteiger charge is 2.13. The first-order valence-electron chi connectivity index (χ1n) is 6.74. The molecule has 0 bridgehead atoms. The number of para-hydroxylation sites is 2. The van der Waals surface area contributed by atoms with Crippen molar-refractivity contribution in [1.29, 1.82) is 0 Å². The number of hydrogen-bond acceptors (Lipinski definition) is 5. The number of ether oxygens (including phenoxy) is 1. The van der Waals surface area contributed by atoms with E-state index in [2.05, 4.69) is 17.2 Å². The summed E-state index contributed by atoms with van der Waals surface area (Å²) in [6.07, 6.45) is 0.206. The number of aromatic nitrogens is 1. The van der Waals surface area contributed by atoms with Crippen molar-refractivity contribution in [2.24, 2.45) is 5.73 Å². The van der Waals surface area contributed by atoms with Gasteiger partial charge in [-0.3, -0.25) is 4.79 Å². The summed E-state index contributed by atoms with van der Waals surface area (Å²) in [6.45, 7) is 4.36. The smallest absolute Gasteiger partial charge is 0.220 e. The molecule has 0 saturated carbocycles. The van der Waals surface area contributed by atoms with Crippen LogP contribution in [-0.4, -0.2) is 17.5 Å². The molecule has 0 aliphatic rings. The van der Waals surface area contributed by atoms with Gasteiger partial charge in [0.2, 0.25) is 5.91 Å². The lowest BCUT2D eigenvalue weighted by Gasteiger charge is -2.17. The normalized spacial score (nSPS) is 11.9. The SMILES string of the molecule is Cc1ncsc1C(C)Nc1ccccc1OCCC(N)=O. The molecule has 0 aliphatic carbocycles. The maximum atomic E-state index is 10.8. The molecule has 5 nitrogen and oxygen atoms in total. The molecule has 0 fully saturated rings. The zero-order valence-corrected chi connectivity index (χ0v) is 12.9. The summed E-state index contributed by atoms with van der Waals surface area (Å²) in [5, 5.41) is 3.42. The number of primary amides is 1. The molecule has 112 valence electrons. The van der Waals surface area contributed by atoms with Crippen LogP contribution in [0.5, 0.6) is 5.75 Å². The molecule has 1 aromatic carbocycles. The summed E-state index contributed by atoms with van der Waals surface area (Å²) in [6, 6.07) is 7.80. The lowest BCUT2D eigenvalue weighted by Crippen LogP contribution is -2.15. The van der Waals surface area contributed by atoms with E-state index in [0.717, 1.165) is 11.4 Å². The molecule has 1 aromatic heterocycles. The van der Waals surface area contributed by atoms with Crippen LogP contribution >= 0.6 is 11.3 Å². The van der Waals surface area contributed by atoms with Crippen molar-refractivity contribution >= 4 is 22.9 Å². The van der Waals surface area contributed by atoms with Crippen molar-refractivity contribution in [2.45, 2.75) is 26.3 Å². The molecule has 0 saturated heterocycles. The van der Waals surface area contributed by atoms with Crippen LogP contribution in [0.4, 0.5) is 5.69 Å². The van der Waals surface area contributed by atoms with Gasteiger partial charge < -0.3 is 15.8 Å². The molecule has 6 heteroatoms. The summed E-state index contributed by atoms with van der Waals surface area (Å²) in [5.41, 5.74) is 8.89. The minimum Gasteiger partial charge on any atom is -0.491 e. The first kappa shape index (κ1) is 15.3. The Hall–Kier alpha value is -2.08. The molecule has 0 spiro atoms. The fourth-order valence-corrected chi connectivity index (χ4v) is 2.81. The monoisotopic (exact) mass is 305 g/mol. The van der Waals surface area contributed by atoms with Crippen LogP contribution in [0.1, 0.15) is 30.0 Å². The summed E-state index contributed by atoms with van der Waals surface area (Å²) in [4.78, 5) is 16.2. The molecule has 2 rings (SSSR count). The quantitative estimate of drug-likeness (QED) is 0.824. The van der Waals surface area contributed by atoms with Crippen LogP contribution in [0.15, 0.2) is 29.8 Å². The molecule has 1 atom stereocenters. The van der Waals surface area contributed by atoms with Gasteiger partial charge in [-0.15, -0.1) is 11.3 Å². The van der Waals surface area contributed by atoms with E-state index in [4.69, 9.17) is 10.5 Å². The van der Waals surface area contributed by atoms with E-state index in [0.29, 0.717) is 5.75 Å². The Bertz CT molecular complexity index is 612. The third-order valence-electron chi connectivity index (χ3n) is 3.04. The molecule has 3 N–H and O–H groups in total. The summed E-state index contributed by atoms with van der Waals surface area (Å²) in [7, 11) is 0. The van der Waals surface area contributed by atoms with Gasteiger partial charge in [0.1, 0.15) is 5.75 Å². The number of benzene rings is 1. The van der Waals surface area contributed by atoms with E-state index in [1.54, 1.807) is 11.3 Å². The molecule has 0 radical (unpaired) electrons. The molecule has 1 amide bonds. The zero-order chi connectivity index (χ0) is 15.2. The van der Waals surface area contributed by atoms with E-state index in [9.17, 15) is 4.79 Å². The number of rotatable bonds is 7. The van der Waals surface area contributed by atoms with E-state index in [1.807, 2.05) is 36.7 Å². The van der Waals surface area contributed by atoms with E-state index in [1.165, 1.54) is 4.88 Å². The highest BCUT2D eigenvalue weighted by Crippen LogP contribution is 2.30. The fourth-order valence-electron chi connectivity index (χ4n) is 2.00. The van der Waals surface area contributed by atoms with E-state index >= 15 is 0 Å². The highest BCUT2D eigenvalue weighted by molar-refractivity contribution is 7.09. The van der Waals surface area contributed by atoms with Crippen LogP contribution in [0.3, 0.4) is 0 Å². The van der Waals surface area contributed by atoms with Crippen molar-refractivity contribution in [3.63, 3.8) is 0 Å². The van der Waals surface area contributed by atoms with Crippen LogP contribution in [-0.2, 0) is 4.79 Å². The van der Waals surface area contributed by atoms with Gasteiger partial charge in [-0.2, -0.15) is 0 Å². The number of nitrogens with two attached hydrogens (primary N) is 1. The maximum absolute atomic E-state index is 10.8. The van der Waals surface area contributed by atoms with Crippen LogP contribution in [0, 0.1) is 6.92 Å². The van der Waals surface area contributed by atoms with Gasteiger partial charge in [0.05, 0.1) is 36.0 Å². The zero-order valence-electron chi connectivity index (χ0n) is 12.1. The van der Waals surface area contributed by atoms with Gasteiger partial charge in [-0.25, -0.2) is 4.98 Å². The number of carbonyl (C=O) groups is 1. The minimum atomic E-state index is -0.367. The molecular weight excluding hydrogens is 286 g/mol. The van der Waals surface area contributed by atoms with Crippen molar-refractivity contribution in [2.75, 3.05) is 11.9 Å². The minimum absolute atomic E-state index is 0.137. The van der Waals surface area contributed by atoms with Crippen LogP contribution in [0.2, 0.25) is 0 Å². The Kier molecular flexibility index (Phi) is 5.16. The van der Waals surface area contributed by atoms with Gasteiger partial charge in [0.15, 0.2) is 0 Å². The van der Waals surface area contributed by atoms with Crippen molar-refractivity contribution in [3.8, 4) is 5.75 Å². The lowest BCUT2D eigenvalue weighted by molar-refractivity contribution is -0.118. The number of hydrogen-bond donors (Lipinski definition) is 2. The number of amides is 1. The second-order valence-electron chi connectivity index (χ2n) is 4.73. The number of thiazole rings is 1. The third kappa shape index (κ3) is 4.19. The van der Waals surface area contributed by atoms with E-state index < -0.39 is 0 Å². The molecule has 0 aliphatic heterocycles. The second-order valence-corrected chi connectivity index (χ2v) is 5.62. The summed E-state index contributed by atoms with van der Waals surface area (Å²) >= 11 is 1.63. The Labute approximate surface area is 128 Å². The topological polar surface area (TPSA) is 77.2 Å². The van der Waals surface area contributed by atoms with Crippen molar-refractivity contribution in [3.05, 3.63) is 40.3 Å². The Morgan fingerprint density at radius 2 is 2.24 bits per heavy atom. The van der Waals surface area contributed by atoms with Crippen LogP contribution < -0.4 is 15.8 Å². The predicted octanol–water partition coefficient (Wildman–Crippen LogP) is 2.88. The van der Waals surface area contributed by atoms with Gasteiger partial charge in [0.25, 0.3) is 0 Å². The van der Waals surface area contributed by atoms with Gasteiger partial charge >= 0.3 is 0 Å². The van der Waals surface area contributed by atoms with Crippen LogP contribution in [0.25, 0.3) is 0 Å². The molecule has 1 heterocycles. The van der Waals surface area contributed by atoms with Gasteiger partial charge in [-0.1, -0.05) is 12.1 Å². The average Bonchev–Trinajstić information content (AvgIpc) is 2.86. The van der Waals surface area contributed by atoms with Gasteiger partial charge in [-0.05, 0) is 26.0 Å². The van der Waals surface area contributed by atoms with Crippen molar-refractivity contribution < 1.29 is 9.53 Å². The first-order chi connectivity index (χ1) is 10.1. The first-order valence-corrected chi connectivity index (χ1v) is 7.62. The lowest BCUT2D eigenvalue weighted by atomic mass is 10.2. The summed E-state index contributed by atoms with van der Waals surface area (Å²) in [5.74, 6) is 0.349. The Morgan fingerprint density at radius 1 is 1.48 bits per heavy atom. The largest absolute Gasteiger partial charge is 0.491 e. The highest BCUT2D eigenvalue weighted by atomic mass is 32.1. The number of carbonyl (C=O) groups excluding carboxylic acids is 1. The third-order valence-corrected chi connectivity index (χ3v) is 4.15. The number of anilines is 1. The molecular formula is C15H19N3O2S.